The molecule has 0 spiro atoms. The Morgan fingerprint density at radius 3 is 2.74 bits per heavy atom. The lowest BCUT2D eigenvalue weighted by Crippen LogP contribution is -2.38. The van der Waals surface area contributed by atoms with E-state index in [0.717, 1.165) is 25.8 Å². The Hall–Kier alpha value is -1.58. The van der Waals surface area contributed by atoms with Crippen LogP contribution in [0, 0.1) is 0 Å². The zero-order chi connectivity index (χ0) is 14.3. The number of anilines is 1. The Balaban J connectivity index is 2.86. The first-order valence-electron chi connectivity index (χ1n) is 7.05. The average molecular weight is 263 g/mol. The van der Waals surface area contributed by atoms with Gasteiger partial charge in [0.2, 0.25) is 0 Å². The zero-order valence-electron chi connectivity index (χ0n) is 12.4. The van der Waals surface area contributed by atoms with Gasteiger partial charge in [-0.1, -0.05) is 19.8 Å². The van der Waals surface area contributed by atoms with Gasteiger partial charge in [-0.15, -0.1) is 0 Å². The average Bonchev–Trinajstić information content (AvgIpc) is 2.42. The van der Waals surface area contributed by atoms with E-state index >= 15 is 0 Å². The summed E-state index contributed by atoms with van der Waals surface area (Å²) >= 11 is 0. The number of hydrogen-bond donors (Lipinski definition) is 1. The fraction of sp³-hybridized carbons (Fsp3) is 0.600. The summed E-state index contributed by atoms with van der Waals surface area (Å²) in [6.07, 6.45) is 5.06. The highest BCUT2D eigenvalue weighted by Gasteiger charge is 2.20. The maximum absolute atomic E-state index is 12.6. The number of aromatic nitrogens is 1. The van der Waals surface area contributed by atoms with Crippen molar-refractivity contribution >= 4 is 11.7 Å². The molecule has 0 saturated carbocycles. The summed E-state index contributed by atoms with van der Waals surface area (Å²) in [4.78, 5) is 18.7. The molecule has 1 aromatic rings. The molecule has 0 unspecified atom stereocenters. The summed E-state index contributed by atoms with van der Waals surface area (Å²) in [6.45, 7) is 7.09. The quantitative estimate of drug-likeness (QED) is 0.769. The van der Waals surface area contributed by atoms with Crippen LogP contribution in [0.4, 0.5) is 5.82 Å². The molecule has 0 aliphatic carbocycles. The predicted molar refractivity (Wildman–Crippen MR) is 79.5 cm³/mol. The van der Waals surface area contributed by atoms with Crippen LogP contribution in [0.2, 0.25) is 0 Å². The first-order valence-corrected chi connectivity index (χ1v) is 7.05. The standard InChI is InChI=1S/C15H25N3O/c1-5-6-7-11-18(12(2)3)15(19)13-9-8-10-17-14(13)16-4/h8-10,12H,5-7,11H2,1-4H3,(H,16,17). The van der Waals surface area contributed by atoms with Gasteiger partial charge >= 0.3 is 0 Å². The largest absolute Gasteiger partial charge is 0.372 e. The number of amides is 1. The van der Waals surface area contributed by atoms with Crippen LogP contribution in [-0.2, 0) is 0 Å². The van der Waals surface area contributed by atoms with E-state index in [2.05, 4.69) is 31.1 Å². The molecule has 4 nitrogen and oxygen atoms in total. The molecule has 1 amide bonds. The lowest BCUT2D eigenvalue weighted by molar-refractivity contribution is 0.0703. The SMILES string of the molecule is CCCCCN(C(=O)c1cccnc1NC)C(C)C. The van der Waals surface area contributed by atoms with E-state index in [1.807, 2.05) is 11.0 Å². The highest BCUT2D eigenvalue weighted by molar-refractivity contribution is 5.98. The van der Waals surface area contributed by atoms with Gasteiger partial charge in [0, 0.05) is 25.8 Å². The lowest BCUT2D eigenvalue weighted by atomic mass is 10.1. The van der Waals surface area contributed by atoms with Crippen LogP contribution in [0.1, 0.15) is 50.4 Å². The van der Waals surface area contributed by atoms with Crippen LogP contribution in [0.25, 0.3) is 0 Å². The third-order valence-electron chi connectivity index (χ3n) is 3.16. The zero-order valence-corrected chi connectivity index (χ0v) is 12.4. The fourth-order valence-corrected chi connectivity index (χ4v) is 2.06. The molecule has 1 aromatic heterocycles. The second kappa shape index (κ2) is 7.77. The Morgan fingerprint density at radius 1 is 1.42 bits per heavy atom. The summed E-state index contributed by atoms with van der Waals surface area (Å²) < 4.78 is 0. The molecule has 0 saturated heterocycles. The number of unbranched alkanes of at least 4 members (excludes halogenated alkanes) is 2. The molecule has 0 fully saturated rings. The minimum absolute atomic E-state index is 0.0588. The second-order valence-electron chi connectivity index (χ2n) is 4.95. The number of nitrogens with zero attached hydrogens (tertiary/aromatic N) is 2. The normalized spacial score (nSPS) is 10.6. The number of rotatable bonds is 7. The number of pyridine rings is 1. The summed E-state index contributed by atoms with van der Waals surface area (Å²) in [5, 5.41) is 2.98. The van der Waals surface area contributed by atoms with Crippen molar-refractivity contribution in [3.63, 3.8) is 0 Å². The Labute approximate surface area is 116 Å². The number of nitrogens with one attached hydrogen (secondary N) is 1. The van der Waals surface area contributed by atoms with Crippen molar-refractivity contribution in [3.05, 3.63) is 23.9 Å². The molecule has 0 radical (unpaired) electrons. The molecule has 1 N–H and O–H groups in total. The van der Waals surface area contributed by atoms with Gasteiger partial charge in [0.25, 0.3) is 5.91 Å². The number of carbonyl (C=O) groups excluding carboxylic acids is 1. The molecule has 1 rings (SSSR count). The van der Waals surface area contributed by atoms with Gasteiger partial charge in [-0.3, -0.25) is 4.79 Å². The van der Waals surface area contributed by atoms with Crippen LogP contribution in [0.5, 0.6) is 0 Å². The molecule has 0 aliphatic rings. The third-order valence-corrected chi connectivity index (χ3v) is 3.16. The van der Waals surface area contributed by atoms with E-state index in [1.165, 1.54) is 0 Å². The monoisotopic (exact) mass is 263 g/mol. The van der Waals surface area contributed by atoms with Gasteiger partial charge in [0.1, 0.15) is 5.82 Å². The molecule has 0 bridgehead atoms. The summed E-state index contributed by atoms with van der Waals surface area (Å²) in [5.41, 5.74) is 0.648. The van der Waals surface area contributed by atoms with E-state index < -0.39 is 0 Å². The highest BCUT2D eigenvalue weighted by Crippen LogP contribution is 2.16. The van der Waals surface area contributed by atoms with Crippen LogP contribution >= 0.6 is 0 Å². The highest BCUT2D eigenvalue weighted by atomic mass is 16.2. The van der Waals surface area contributed by atoms with Crippen LogP contribution in [0.15, 0.2) is 18.3 Å². The molecule has 0 aliphatic heterocycles. The Morgan fingerprint density at radius 2 is 2.16 bits per heavy atom. The number of carbonyl (C=O) groups is 1. The smallest absolute Gasteiger partial charge is 0.257 e. The van der Waals surface area contributed by atoms with Crippen molar-refractivity contribution in [3.8, 4) is 0 Å². The summed E-state index contributed by atoms with van der Waals surface area (Å²) in [7, 11) is 1.79. The Bertz CT molecular complexity index is 404. The molecule has 106 valence electrons. The van der Waals surface area contributed by atoms with Crippen LogP contribution < -0.4 is 5.32 Å². The van der Waals surface area contributed by atoms with Crippen molar-refractivity contribution in [1.29, 1.82) is 0 Å². The molecule has 19 heavy (non-hydrogen) atoms. The third kappa shape index (κ3) is 4.23. The maximum atomic E-state index is 12.6. The van der Waals surface area contributed by atoms with Crippen molar-refractivity contribution in [1.82, 2.24) is 9.88 Å². The molecule has 0 aromatic carbocycles. The van der Waals surface area contributed by atoms with E-state index in [4.69, 9.17) is 0 Å². The molecule has 1 heterocycles. The first kappa shape index (κ1) is 15.5. The minimum atomic E-state index is 0.0588. The molecule has 4 heteroatoms. The van der Waals surface area contributed by atoms with Gasteiger partial charge < -0.3 is 10.2 Å². The Kier molecular flexibility index (Phi) is 6.33. The van der Waals surface area contributed by atoms with E-state index in [-0.39, 0.29) is 11.9 Å². The molecule has 0 atom stereocenters. The van der Waals surface area contributed by atoms with Gasteiger partial charge in [0.05, 0.1) is 5.56 Å². The van der Waals surface area contributed by atoms with Crippen LogP contribution in [0.3, 0.4) is 0 Å². The topological polar surface area (TPSA) is 45.2 Å². The summed E-state index contributed by atoms with van der Waals surface area (Å²) in [6, 6.07) is 3.84. The van der Waals surface area contributed by atoms with Gasteiger partial charge in [0.15, 0.2) is 0 Å². The second-order valence-corrected chi connectivity index (χ2v) is 4.95. The lowest BCUT2D eigenvalue weighted by Gasteiger charge is -2.27. The van der Waals surface area contributed by atoms with Gasteiger partial charge in [-0.05, 0) is 32.4 Å². The van der Waals surface area contributed by atoms with E-state index in [0.29, 0.717) is 11.4 Å². The van der Waals surface area contributed by atoms with Crippen LogP contribution in [-0.4, -0.2) is 35.4 Å². The van der Waals surface area contributed by atoms with Gasteiger partial charge in [-0.25, -0.2) is 4.98 Å². The summed E-state index contributed by atoms with van der Waals surface area (Å²) in [5.74, 6) is 0.706. The predicted octanol–water partition coefficient (Wildman–Crippen LogP) is 3.16. The van der Waals surface area contributed by atoms with Gasteiger partial charge in [-0.2, -0.15) is 0 Å². The number of hydrogen-bond acceptors (Lipinski definition) is 3. The van der Waals surface area contributed by atoms with Crippen molar-refractivity contribution < 1.29 is 4.79 Å². The fourth-order valence-electron chi connectivity index (χ4n) is 2.06. The van der Waals surface area contributed by atoms with Crippen molar-refractivity contribution in [2.24, 2.45) is 0 Å². The van der Waals surface area contributed by atoms with Crippen molar-refractivity contribution in [2.75, 3.05) is 18.9 Å². The first-order chi connectivity index (χ1) is 9.11. The minimum Gasteiger partial charge on any atom is -0.372 e. The van der Waals surface area contributed by atoms with E-state index in [9.17, 15) is 4.79 Å². The van der Waals surface area contributed by atoms with Crippen molar-refractivity contribution in [2.45, 2.75) is 46.1 Å². The maximum Gasteiger partial charge on any atom is 0.257 e. The molecular formula is C15H25N3O. The van der Waals surface area contributed by atoms with E-state index in [1.54, 1.807) is 19.3 Å². The molecular weight excluding hydrogens is 238 g/mol.